The van der Waals surface area contributed by atoms with Crippen LogP contribution in [0.15, 0.2) is 12.4 Å². The molecule has 14 heavy (non-hydrogen) atoms. The van der Waals surface area contributed by atoms with Crippen LogP contribution >= 0.6 is 0 Å². The third-order valence-electron chi connectivity index (χ3n) is 2.09. The molecule has 2 unspecified atom stereocenters. The van der Waals surface area contributed by atoms with Crippen molar-refractivity contribution in [3.05, 3.63) is 18.0 Å². The van der Waals surface area contributed by atoms with Crippen molar-refractivity contribution in [2.75, 3.05) is 12.8 Å². The number of hydrogen-bond acceptors (Lipinski definition) is 3. The number of aryl methyl sites for hydroxylation is 1. The maximum Gasteiger partial charge on any atom is 0.0534 e. The first-order valence-corrected chi connectivity index (χ1v) is 6.22. The van der Waals surface area contributed by atoms with Gasteiger partial charge in [-0.1, -0.05) is 0 Å². The van der Waals surface area contributed by atoms with Gasteiger partial charge in [-0.25, -0.2) is 0 Å². The van der Waals surface area contributed by atoms with E-state index in [1.54, 1.807) is 10.9 Å². The van der Waals surface area contributed by atoms with E-state index < -0.39 is 10.8 Å². The van der Waals surface area contributed by atoms with E-state index >= 15 is 0 Å². The fourth-order valence-electron chi connectivity index (χ4n) is 1.10. The number of nitrogens with zero attached hydrogens (tertiary/aromatic N) is 2. The average Bonchev–Trinajstić information content (AvgIpc) is 2.51. The van der Waals surface area contributed by atoms with Gasteiger partial charge in [0.2, 0.25) is 0 Å². The zero-order valence-electron chi connectivity index (χ0n) is 8.86. The Kier molecular flexibility index (Phi) is 4.28. The first-order chi connectivity index (χ1) is 6.59. The van der Waals surface area contributed by atoms with Crippen LogP contribution in [0.1, 0.15) is 12.5 Å². The highest BCUT2D eigenvalue weighted by molar-refractivity contribution is 7.84. The van der Waals surface area contributed by atoms with E-state index in [-0.39, 0.29) is 5.25 Å². The normalized spacial score (nSPS) is 15.4. The Morgan fingerprint density at radius 3 is 2.93 bits per heavy atom. The molecule has 5 heteroatoms. The van der Waals surface area contributed by atoms with Gasteiger partial charge in [0.1, 0.15) is 0 Å². The third kappa shape index (κ3) is 3.59. The van der Waals surface area contributed by atoms with Crippen LogP contribution in [0.25, 0.3) is 0 Å². The lowest BCUT2D eigenvalue weighted by molar-refractivity contribution is 0.647. The predicted octanol–water partition coefficient (Wildman–Crippen LogP) is 0.277. The molecule has 0 bridgehead atoms. The molecule has 1 rings (SSSR count). The monoisotopic (exact) mass is 215 g/mol. The first-order valence-electron chi connectivity index (χ1n) is 4.60. The smallest absolute Gasteiger partial charge is 0.0534 e. The number of aromatic nitrogens is 2. The summed E-state index contributed by atoms with van der Waals surface area (Å²) in [5.41, 5.74) is 1.15. The van der Waals surface area contributed by atoms with Gasteiger partial charge in [-0.15, -0.1) is 0 Å². The molecule has 80 valence electrons. The van der Waals surface area contributed by atoms with Crippen molar-refractivity contribution < 1.29 is 4.21 Å². The number of hydrogen-bond donors (Lipinski definition) is 1. The van der Waals surface area contributed by atoms with Crippen molar-refractivity contribution >= 4 is 10.8 Å². The van der Waals surface area contributed by atoms with Crippen molar-refractivity contribution in [1.82, 2.24) is 15.1 Å². The average molecular weight is 215 g/mol. The highest BCUT2D eigenvalue weighted by atomic mass is 32.2. The van der Waals surface area contributed by atoms with Crippen LogP contribution in [0.3, 0.4) is 0 Å². The maximum absolute atomic E-state index is 11.0. The molecule has 1 N–H and O–H groups in total. The van der Waals surface area contributed by atoms with Crippen LogP contribution in [0.2, 0.25) is 0 Å². The second kappa shape index (κ2) is 5.26. The summed E-state index contributed by atoms with van der Waals surface area (Å²) in [5, 5.41) is 7.52. The summed E-state index contributed by atoms with van der Waals surface area (Å²) < 4.78 is 12.8. The summed E-state index contributed by atoms with van der Waals surface area (Å²) in [7, 11) is 1.15. The summed E-state index contributed by atoms with van der Waals surface area (Å²) in [4.78, 5) is 0. The zero-order valence-corrected chi connectivity index (χ0v) is 9.67. The molecule has 0 aliphatic rings. The summed E-state index contributed by atoms with van der Waals surface area (Å²) in [6.45, 7) is 3.54. The van der Waals surface area contributed by atoms with Crippen molar-refractivity contribution in [3.8, 4) is 0 Å². The number of rotatable bonds is 5. The largest absolute Gasteiger partial charge is 0.311 e. The van der Waals surface area contributed by atoms with Gasteiger partial charge in [-0.05, 0) is 6.92 Å². The second-order valence-electron chi connectivity index (χ2n) is 3.46. The SMILES string of the molecule is CC(CNCc1cnn(C)c1)S(C)=O. The van der Waals surface area contributed by atoms with Gasteiger partial charge in [-0.2, -0.15) is 5.10 Å². The third-order valence-corrected chi connectivity index (χ3v) is 3.39. The Morgan fingerprint density at radius 2 is 2.43 bits per heavy atom. The van der Waals surface area contributed by atoms with Crippen LogP contribution in [-0.2, 0) is 24.4 Å². The lowest BCUT2D eigenvalue weighted by Gasteiger charge is -2.08. The summed E-state index contributed by atoms with van der Waals surface area (Å²) >= 11 is 0. The summed E-state index contributed by atoms with van der Waals surface area (Å²) in [5.74, 6) is 0. The standard InChI is InChI=1S/C9H17N3OS/c1-8(14(3)13)4-10-5-9-6-11-12(2)7-9/h6-8,10H,4-5H2,1-3H3. The van der Waals surface area contributed by atoms with E-state index in [2.05, 4.69) is 10.4 Å². The molecule has 0 saturated heterocycles. The van der Waals surface area contributed by atoms with Gasteiger partial charge in [0.05, 0.1) is 6.20 Å². The maximum atomic E-state index is 11.0. The van der Waals surface area contributed by atoms with Gasteiger partial charge in [-0.3, -0.25) is 8.89 Å². The molecule has 4 nitrogen and oxygen atoms in total. The summed E-state index contributed by atoms with van der Waals surface area (Å²) in [6.07, 6.45) is 5.54. The van der Waals surface area contributed by atoms with Crippen LogP contribution in [0.5, 0.6) is 0 Å². The van der Waals surface area contributed by atoms with Crippen LogP contribution in [0.4, 0.5) is 0 Å². The number of nitrogens with one attached hydrogen (secondary N) is 1. The highest BCUT2D eigenvalue weighted by Gasteiger charge is 2.04. The quantitative estimate of drug-likeness (QED) is 0.767. The van der Waals surface area contributed by atoms with E-state index in [4.69, 9.17) is 0 Å². The molecule has 0 aromatic carbocycles. The Hall–Kier alpha value is -0.680. The van der Waals surface area contributed by atoms with E-state index in [9.17, 15) is 4.21 Å². The fourth-order valence-corrected chi connectivity index (χ4v) is 1.45. The second-order valence-corrected chi connectivity index (χ2v) is 5.26. The van der Waals surface area contributed by atoms with E-state index in [0.717, 1.165) is 18.7 Å². The van der Waals surface area contributed by atoms with E-state index in [1.165, 1.54) is 0 Å². The van der Waals surface area contributed by atoms with Crippen molar-refractivity contribution in [2.24, 2.45) is 7.05 Å². The van der Waals surface area contributed by atoms with Gasteiger partial charge >= 0.3 is 0 Å². The molecule has 0 spiro atoms. The van der Waals surface area contributed by atoms with Crippen molar-refractivity contribution in [1.29, 1.82) is 0 Å². The molecule has 0 fully saturated rings. The van der Waals surface area contributed by atoms with Crippen LogP contribution in [-0.4, -0.2) is 32.0 Å². The molecule has 0 aliphatic carbocycles. The lowest BCUT2D eigenvalue weighted by Crippen LogP contribution is -2.27. The minimum atomic E-state index is -0.746. The first kappa shape index (κ1) is 11.4. The molecular formula is C9H17N3OS. The molecule has 1 aromatic heterocycles. The lowest BCUT2D eigenvalue weighted by atomic mass is 10.3. The van der Waals surface area contributed by atoms with Crippen LogP contribution in [0, 0.1) is 0 Å². The van der Waals surface area contributed by atoms with Gasteiger partial charge in [0.15, 0.2) is 0 Å². The summed E-state index contributed by atoms with van der Waals surface area (Å²) in [6, 6.07) is 0. The molecule has 2 atom stereocenters. The minimum Gasteiger partial charge on any atom is -0.311 e. The van der Waals surface area contributed by atoms with Gasteiger partial charge in [0, 0.05) is 54.2 Å². The zero-order chi connectivity index (χ0) is 10.6. The Bertz CT molecular complexity index is 311. The predicted molar refractivity (Wildman–Crippen MR) is 58.4 cm³/mol. The Labute approximate surface area is 87.2 Å². The molecule has 1 aromatic rings. The fraction of sp³-hybridized carbons (Fsp3) is 0.667. The molecule has 0 aliphatic heterocycles. The minimum absolute atomic E-state index is 0.201. The Balaban J connectivity index is 2.25. The van der Waals surface area contributed by atoms with E-state index in [1.807, 2.05) is 26.4 Å². The van der Waals surface area contributed by atoms with Crippen molar-refractivity contribution in [3.63, 3.8) is 0 Å². The Morgan fingerprint density at radius 1 is 1.71 bits per heavy atom. The topological polar surface area (TPSA) is 46.9 Å². The van der Waals surface area contributed by atoms with Crippen molar-refractivity contribution in [2.45, 2.75) is 18.7 Å². The van der Waals surface area contributed by atoms with Crippen LogP contribution < -0.4 is 5.32 Å². The van der Waals surface area contributed by atoms with Gasteiger partial charge < -0.3 is 5.32 Å². The highest BCUT2D eigenvalue weighted by Crippen LogP contribution is 1.96. The van der Waals surface area contributed by atoms with E-state index in [0.29, 0.717) is 0 Å². The molecule has 0 radical (unpaired) electrons. The molecule has 0 amide bonds. The molecule has 0 saturated carbocycles. The molecule has 1 heterocycles. The van der Waals surface area contributed by atoms with Gasteiger partial charge in [0.25, 0.3) is 0 Å². The molecular weight excluding hydrogens is 198 g/mol.